The highest BCUT2D eigenvalue weighted by molar-refractivity contribution is 6.31. The van der Waals surface area contributed by atoms with Gasteiger partial charge in [-0.3, -0.25) is 0 Å². The van der Waals surface area contributed by atoms with Crippen molar-refractivity contribution in [3.63, 3.8) is 0 Å². The van der Waals surface area contributed by atoms with E-state index in [1.54, 1.807) is 18.2 Å². The van der Waals surface area contributed by atoms with Crippen LogP contribution in [0.4, 0.5) is 8.78 Å². The molecule has 0 saturated heterocycles. The van der Waals surface area contributed by atoms with Gasteiger partial charge in [-0.15, -0.1) is 0 Å². The van der Waals surface area contributed by atoms with Crippen molar-refractivity contribution in [1.82, 2.24) is 0 Å². The molecule has 106 valence electrons. The molecule has 0 amide bonds. The lowest BCUT2D eigenvalue weighted by molar-refractivity contribution is 0.407. The smallest absolute Gasteiger partial charge is 0.160 e. The minimum atomic E-state index is -1.02. The molecule has 2 rings (SSSR count). The van der Waals surface area contributed by atoms with E-state index in [1.807, 2.05) is 0 Å². The molecular formula is C14H11Cl2F2NO. The third-order valence-corrected chi connectivity index (χ3v) is 3.46. The Morgan fingerprint density at radius 2 is 1.70 bits per heavy atom. The molecule has 2 aromatic carbocycles. The van der Waals surface area contributed by atoms with Crippen LogP contribution in [0.2, 0.25) is 10.0 Å². The molecule has 2 aromatic rings. The van der Waals surface area contributed by atoms with Gasteiger partial charge >= 0.3 is 0 Å². The highest BCUT2D eigenvalue weighted by Crippen LogP contribution is 2.34. The van der Waals surface area contributed by atoms with Gasteiger partial charge < -0.3 is 10.5 Å². The van der Waals surface area contributed by atoms with E-state index in [0.717, 1.165) is 12.1 Å². The quantitative estimate of drug-likeness (QED) is 0.855. The number of rotatable bonds is 3. The molecule has 0 saturated carbocycles. The Labute approximate surface area is 125 Å². The summed E-state index contributed by atoms with van der Waals surface area (Å²) in [5.74, 6) is -1.55. The summed E-state index contributed by atoms with van der Waals surface area (Å²) in [7, 11) is 1.48. The van der Waals surface area contributed by atoms with Crippen molar-refractivity contribution in [2.75, 3.05) is 7.11 Å². The third-order valence-electron chi connectivity index (χ3n) is 2.90. The van der Waals surface area contributed by atoms with Crippen molar-refractivity contribution in [3.8, 4) is 5.75 Å². The lowest BCUT2D eigenvalue weighted by atomic mass is 9.98. The number of benzene rings is 2. The molecule has 0 spiro atoms. The third kappa shape index (κ3) is 2.87. The first-order valence-electron chi connectivity index (χ1n) is 5.67. The van der Waals surface area contributed by atoms with E-state index in [4.69, 9.17) is 33.7 Å². The first-order chi connectivity index (χ1) is 9.43. The van der Waals surface area contributed by atoms with Gasteiger partial charge in [-0.2, -0.15) is 0 Å². The van der Waals surface area contributed by atoms with E-state index in [-0.39, 0.29) is 10.6 Å². The topological polar surface area (TPSA) is 35.2 Å². The largest absolute Gasteiger partial charge is 0.496 e. The molecule has 0 aliphatic carbocycles. The second kappa shape index (κ2) is 5.95. The lowest BCUT2D eigenvalue weighted by Crippen LogP contribution is -2.14. The van der Waals surface area contributed by atoms with Gasteiger partial charge in [0, 0.05) is 15.6 Å². The predicted octanol–water partition coefficient (Wildman–Crippen LogP) is 4.33. The molecule has 0 fully saturated rings. The maximum Gasteiger partial charge on any atom is 0.160 e. The normalized spacial score (nSPS) is 12.3. The van der Waals surface area contributed by atoms with Crippen LogP contribution >= 0.6 is 23.2 Å². The van der Waals surface area contributed by atoms with E-state index in [1.165, 1.54) is 7.11 Å². The average molecular weight is 318 g/mol. The Morgan fingerprint density at radius 3 is 2.35 bits per heavy atom. The fraction of sp³-hybridized carbons (Fsp3) is 0.143. The first-order valence-corrected chi connectivity index (χ1v) is 6.43. The van der Waals surface area contributed by atoms with Crippen LogP contribution in [0.25, 0.3) is 0 Å². The number of ether oxygens (including phenoxy) is 1. The molecule has 0 aromatic heterocycles. The minimum Gasteiger partial charge on any atom is -0.496 e. The van der Waals surface area contributed by atoms with Gasteiger partial charge in [-0.05, 0) is 35.9 Å². The number of hydrogen-bond acceptors (Lipinski definition) is 2. The summed E-state index contributed by atoms with van der Waals surface area (Å²) in [6.07, 6.45) is 0. The summed E-state index contributed by atoms with van der Waals surface area (Å²) in [5.41, 5.74) is 6.86. The van der Waals surface area contributed by atoms with Gasteiger partial charge in [0.2, 0.25) is 0 Å². The van der Waals surface area contributed by atoms with E-state index >= 15 is 0 Å². The monoisotopic (exact) mass is 317 g/mol. The Kier molecular flexibility index (Phi) is 4.48. The second-order valence-electron chi connectivity index (χ2n) is 4.15. The van der Waals surface area contributed by atoms with Crippen molar-refractivity contribution in [3.05, 3.63) is 63.1 Å². The van der Waals surface area contributed by atoms with Gasteiger partial charge in [0.25, 0.3) is 0 Å². The fourth-order valence-corrected chi connectivity index (χ4v) is 2.34. The van der Waals surface area contributed by atoms with E-state index in [0.29, 0.717) is 16.3 Å². The summed E-state index contributed by atoms with van der Waals surface area (Å²) < 4.78 is 31.6. The fourth-order valence-electron chi connectivity index (χ4n) is 1.89. The van der Waals surface area contributed by atoms with Crippen LogP contribution in [-0.4, -0.2) is 7.11 Å². The van der Waals surface area contributed by atoms with Crippen LogP contribution in [-0.2, 0) is 0 Å². The molecule has 0 heterocycles. The van der Waals surface area contributed by atoms with Gasteiger partial charge in [-0.1, -0.05) is 23.2 Å². The Bertz CT molecular complexity index is 649. The van der Waals surface area contributed by atoms with Crippen molar-refractivity contribution in [2.45, 2.75) is 6.04 Å². The zero-order chi connectivity index (χ0) is 14.9. The molecule has 0 aliphatic heterocycles. The highest BCUT2D eigenvalue weighted by Gasteiger charge is 2.19. The van der Waals surface area contributed by atoms with Crippen LogP contribution in [0.1, 0.15) is 17.2 Å². The van der Waals surface area contributed by atoms with Gasteiger partial charge in [-0.25, -0.2) is 8.78 Å². The summed E-state index contributed by atoms with van der Waals surface area (Å²) in [6, 6.07) is 5.97. The molecule has 1 atom stereocenters. The van der Waals surface area contributed by atoms with Crippen molar-refractivity contribution in [2.24, 2.45) is 5.73 Å². The summed E-state index contributed by atoms with van der Waals surface area (Å²) in [4.78, 5) is 0. The number of nitrogens with two attached hydrogens (primary N) is 1. The number of methoxy groups -OCH3 is 1. The Morgan fingerprint density at radius 1 is 1.05 bits per heavy atom. The molecule has 0 radical (unpaired) electrons. The molecule has 2 nitrogen and oxygen atoms in total. The SMILES string of the molecule is COc1ccc(Cl)cc1C(N)c1cc(F)c(F)cc1Cl. The van der Waals surface area contributed by atoms with Gasteiger partial charge in [0.1, 0.15) is 5.75 Å². The number of halogens is 4. The van der Waals surface area contributed by atoms with Crippen LogP contribution < -0.4 is 10.5 Å². The van der Waals surface area contributed by atoms with Gasteiger partial charge in [0.15, 0.2) is 11.6 Å². The number of hydrogen-bond donors (Lipinski definition) is 1. The lowest BCUT2D eigenvalue weighted by Gasteiger charge is -2.18. The molecule has 1 unspecified atom stereocenters. The van der Waals surface area contributed by atoms with E-state index < -0.39 is 17.7 Å². The standard InChI is InChI=1S/C14H11Cl2F2NO/c1-20-13-3-2-7(15)4-9(13)14(19)8-5-11(17)12(18)6-10(8)16/h2-6,14H,19H2,1H3. The molecule has 0 bridgehead atoms. The molecular weight excluding hydrogens is 307 g/mol. The van der Waals surface area contributed by atoms with E-state index in [9.17, 15) is 8.78 Å². The molecule has 20 heavy (non-hydrogen) atoms. The molecule has 6 heteroatoms. The second-order valence-corrected chi connectivity index (χ2v) is 5.00. The van der Waals surface area contributed by atoms with Crippen molar-refractivity contribution < 1.29 is 13.5 Å². The Hall–Kier alpha value is -1.36. The molecule has 2 N–H and O–H groups in total. The van der Waals surface area contributed by atoms with Crippen LogP contribution in [0.5, 0.6) is 5.75 Å². The minimum absolute atomic E-state index is 0.0402. The van der Waals surface area contributed by atoms with Gasteiger partial charge in [0.05, 0.1) is 13.2 Å². The Balaban J connectivity index is 2.54. The maximum absolute atomic E-state index is 13.4. The zero-order valence-electron chi connectivity index (χ0n) is 10.5. The first kappa shape index (κ1) is 15.0. The van der Waals surface area contributed by atoms with E-state index in [2.05, 4.69) is 0 Å². The molecule has 0 aliphatic rings. The van der Waals surface area contributed by atoms with Crippen LogP contribution in [0.15, 0.2) is 30.3 Å². The predicted molar refractivity (Wildman–Crippen MR) is 75.4 cm³/mol. The van der Waals surface area contributed by atoms with Crippen LogP contribution in [0.3, 0.4) is 0 Å². The summed E-state index contributed by atoms with van der Waals surface area (Å²) >= 11 is 11.8. The maximum atomic E-state index is 13.4. The zero-order valence-corrected chi connectivity index (χ0v) is 12.0. The highest BCUT2D eigenvalue weighted by atomic mass is 35.5. The van der Waals surface area contributed by atoms with Crippen molar-refractivity contribution in [1.29, 1.82) is 0 Å². The average Bonchev–Trinajstić information content (AvgIpc) is 2.42. The summed E-state index contributed by atoms with van der Waals surface area (Å²) in [6.45, 7) is 0. The van der Waals surface area contributed by atoms with Crippen LogP contribution in [0, 0.1) is 11.6 Å². The summed E-state index contributed by atoms with van der Waals surface area (Å²) in [5, 5.41) is 0.494. The van der Waals surface area contributed by atoms with Crippen molar-refractivity contribution >= 4 is 23.2 Å².